The monoisotopic (exact) mass is 128 g/mol. The van der Waals surface area contributed by atoms with E-state index in [1.807, 2.05) is 13.8 Å². The van der Waals surface area contributed by atoms with Crippen LogP contribution in [0.3, 0.4) is 0 Å². The third kappa shape index (κ3) is 1.21. The molecule has 9 heavy (non-hydrogen) atoms. The van der Waals surface area contributed by atoms with Gasteiger partial charge >= 0.3 is 0 Å². The van der Waals surface area contributed by atoms with Gasteiger partial charge in [-0.05, 0) is 13.8 Å². The number of hydrogen-bond acceptors (Lipinski definition) is 3. The highest BCUT2D eigenvalue weighted by molar-refractivity contribution is 5.83. The molecule has 0 aromatic carbocycles. The number of rotatable bonds is 1. The van der Waals surface area contributed by atoms with Gasteiger partial charge in [-0.3, -0.25) is 0 Å². The summed E-state index contributed by atoms with van der Waals surface area (Å²) in [5, 5.41) is 3.80. The lowest BCUT2D eigenvalue weighted by molar-refractivity contribution is 0.00422. The van der Waals surface area contributed by atoms with Crippen molar-refractivity contribution in [2.45, 2.75) is 25.9 Å². The molecular weight excluding hydrogens is 116 g/mol. The number of nitrogens with zero attached hydrogens (tertiary/aromatic N) is 1. The van der Waals surface area contributed by atoms with Crippen LogP contribution >= 0.6 is 0 Å². The molecule has 1 aliphatic heterocycles. The molecule has 0 saturated carbocycles. The van der Waals surface area contributed by atoms with Crippen molar-refractivity contribution >= 4 is 5.71 Å². The molecule has 1 atom stereocenters. The fraction of sp³-hybridized carbons (Fsp3) is 0.833. The van der Waals surface area contributed by atoms with Crippen molar-refractivity contribution in [2.75, 3.05) is 6.54 Å². The second kappa shape index (κ2) is 1.99. The van der Waals surface area contributed by atoms with Crippen molar-refractivity contribution in [3.8, 4) is 0 Å². The Balaban J connectivity index is 2.53. The predicted octanol–water partition coefficient (Wildman–Crippen LogP) is 0.500. The SMILES string of the molecule is CC1=NO[C@](C)(CN)C1. The van der Waals surface area contributed by atoms with Gasteiger partial charge in [-0.1, -0.05) is 5.16 Å². The van der Waals surface area contributed by atoms with E-state index in [0.717, 1.165) is 12.1 Å². The van der Waals surface area contributed by atoms with Gasteiger partial charge in [0.2, 0.25) is 0 Å². The molecule has 3 nitrogen and oxygen atoms in total. The second-order valence-corrected chi connectivity index (χ2v) is 2.75. The van der Waals surface area contributed by atoms with Crippen LogP contribution < -0.4 is 5.73 Å². The van der Waals surface area contributed by atoms with Gasteiger partial charge in [0.05, 0.1) is 5.71 Å². The normalized spacial score (nSPS) is 33.9. The first-order valence-corrected chi connectivity index (χ1v) is 3.08. The summed E-state index contributed by atoms with van der Waals surface area (Å²) in [4.78, 5) is 5.06. The maximum absolute atomic E-state index is 5.43. The average Bonchev–Trinajstić information content (AvgIpc) is 2.13. The molecule has 1 aliphatic rings. The van der Waals surface area contributed by atoms with Crippen LogP contribution in [0.4, 0.5) is 0 Å². The summed E-state index contributed by atoms with van der Waals surface area (Å²) in [5.41, 5.74) is 6.24. The molecule has 1 heterocycles. The van der Waals surface area contributed by atoms with Gasteiger partial charge in [0, 0.05) is 13.0 Å². The Morgan fingerprint density at radius 2 is 2.56 bits per heavy atom. The first-order chi connectivity index (χ1) is 4.16. The highest BCUT2D eigenvalue weighted by Gasteiger charge is 2.30. The molecule has 52 valence electrons. The molecule has 0 unspecified atom stereocenters. The van der Waals surface area contributed by atoms with Crippen molar-refractivity contribution < 1.29 is 4.84 Å². The lowest BCUT2D eigenvalue weighted by Crippen LogP contribution is -2.34. The molecule has 0 fully saturated rings. The summed E-state index contributed by atoms with van der Waals surface area (Å²) in [6.45, 7) is 4.45. The summed E-state index contributed by atoms with van der Waals surface area (Å²) in [6.07, 6.45) is 0.865. The smallest absolute Gasteiger partial charge is 0.152 e. The van der Waals surface area contributed by atoms with E-state index in [-0.39, 0.29) is 5.60 Å². The van der Waals surface area contributed by atoms with Crippen LogP contribution in [0.15, 0.2) is 5.16 Å². The van der Waals surface area contributed by atoms with Crippen molar-refractivity contribution in [1.82, 2.24) is 0 Å². The summed E-state index contributed by atoms with van der Waals surface area (Å²) >= 11 is 0. The van der Waals surface area contributed by atoms with Crippen LogP contribution in [0.1, 0.15) is 20.3 Å². The fourth-order valence-corrected chi connectivity index (χ4v) is 0.903. The highest BCUT2D eigenvalue weighted by Crippen LogP contribution is 2.21. The van der Waals surface area contributed by atoms with E-state index in [2.05, 4.69) is 5.16 Å². The van der Waals surface area contributed by atoms with Crippen LogP contribution in [0.25, 0.3) is 0 Å². The van der Waals surface area contributed by atoms with E-state index >= 15 is 0 Å². The average molecular weight is 128 g/mol. The lowest BCUT2D eigenvalue weighted by Gasteiger charge is -2.17. The molecule has 1 rings (SSSR count). The van der Waals surface area contributed by atoms with Crippen LogP contribution in [-0.2, 0) is 4.84 Å². The first kappa shape index (κ1) is 6.55. The number of oxime groups is 1. The van der Waals surface area contributed by atoms with Gasteiger partial charge in [-0.2, -0.15) is 0 Å². The van der Waals surface area contributed by atoms with Gasteiger partial charge in [0.1, 0.15) is 0 Å². The predicted molar refractivity (Wildman–Crippen MR) is 36.3 cm³/mol. The largest absolute Gasteiger partial charge is 0.388 e. The van der Waals surface area contributed by atoms with Crippen molar-refractivity contribution in [3.05, 3.63) is 0 Å². The van der Waals surface area contributed by atoms with E-state index in [9.17, 15) is 0 Å². The van der Waals surface area contributed by atoms with Gasteiger partial charge < -0.3 is 10.6 Å². The van der Waals surface area contributed by atoms with Gasteiger partial charge in [-0.15, -0.1) is 0 Å². The topological polar surface area (TPSA) is 47.6 Å². The Kier molecular flexibility index (Phi) is 1.45. The van der Waals surface area contributed by atoms with E-state index in [4.69, 9.17) is 10.6 Å². The van der Waals surface area contributed by atoms with E-state index < -0.39 is 0 Å². The minimum atomic E-state index is -0.218. The standard InChI is InChI=1S/C6H12N2O/c1-5-3-6(2,4-7)9-8-5/h3-4,7H2,1-2H3/t6-/m0/s1. The van der Waals surface area contributed by atoms with Crippen LogP contribution in [0.2, 0.25) is 0 Å². The third-order valence-electron chi connectivity index (χ3n) is 1.48. The molecule has 0 radical (unpaired) electrons. The highest BCUT2D eigenvalue weighted by atomic mass is 16.7. The van der Waals surface area contributed by atoms with Gasteiger partial charge in [-0.25, -0.2) is 0 Å². The molecule has 2 N–H and O–H groups in total. The zero-order valence-electron chi connectivity index (χ0n) is 5.85. The van der Waals surface area contributed by atoms with E-state index in [1.165, 1.54) is 0 Å². The molecule has 0 bridgehead atoms. The summed E-state index contributed by atoms with van der Waals surface area (Å²) in [6, 6.07) is 0. The zero-order chi connectivity index (χ0) is 6.91. The maximum atomic E-state index is 5.43. The molecular formula is C6H12N2O. The molecule has 0 amide bonds. The van der Waals surface area contributed by atoms with Crippen molar-refractivity contribution in [1.29, 1.82) is 0 Å². The van der Waals surface area contributed by atoms with Gasteiger partial charge in [0.25, 0.3) is 0 Å². The van der Waals surface area contributed by atoms with E-state index in [0.29, 0.717) is 6.54 Å². The first-order valence-electron chi connectivity index (χ1n) is 3.08. The Hall–Kier alpha value is -0.570. The van der Waals surface area contributed by atoms with Crippen LogP contribution in [0.5, 0.6) is 0 Å². The molecule has 0 spiro atoms. The molecule has 0 saturated heterocycles. The van der Waals surface area contributed by atoms with Crippen LogP contribution in [0, 0.1) is 0 Å². The van der Waals surface area contributed by atoms with Gasteiger partial charge in [0.15, 0.2) is 5.60 Å². The second-order valence-electron chi connectivity index (χ2n) is 2.75. The summed E-state index contributed by atoms with van der Waals surface area (Å²) < 4.78 is 0. The van der Waals surface area contributed by atoms with Crippen molar-refractivity contribution in [3.63, 3.8) is 0 Å². The Morgan fingerprint density at radius 3 is 2.78 bits per heavy atom. The summed E-state index contributed by atoms with van der Waals surface area (Å²) in [7, 11) is 0. The zero-order valence-corrected chi connectivity index (χ0v) is 5.85. The third-order valence-corrected chi connectivity index (χ3v) is 1.48. The van der Waals surface area contributed by atoms with E-state index in [1.54, 1.807) is 0 Å². The maximum Gasteiger partial charge on any atom is 0.152 e. The fourth-order valence-electron chi connectivity index (χ4n) is 0.903. The minimum Gasteiger partial charge on any atom is -0.388 e. The van der Waals surface area contributed by atoms with Crippen molar-refractivity contribution in [2.24, 2.45) is 10.9 Å². The quantitative estimate of drug-likeness (QED) is 0.559. The molecule has 0 aromatic rings. The van der Waals surface area contributed by atoms with Crippen LogP contribution in [-0.4, -0.2) is 17.9 Å². The summed E-state index contributed by atoms with van der Waals surface area (Å²) in [5.74, 6) is 0. The number of nitrogens with two attached hydrogens (primary N) is 1. The molecule has 0 aromatic heterocycles. The lowest BCUT2D eigenvalue weighted by atomic mass is 10.0. The number of hydrogen-bond donors (Lipinski definition) is 1. The minimum absolute atomic E-state index is 0.218. The Bertz CT molecular complexity index is 144. The Morgan fingerprint density at radius 1 is 1.89 bits per heavy atom. The molecule has 0 aliphatic carbocycles. The molecule has 3 heteroatoms. The Labute approximate surface area is 54.9 Å².